The maximum absolute atomic E-state index is 11.1. The number of rotatable bonds is 5. The molecule has 1 aromatic carbocycles. The highest BCUT2D eigenvalue weighted by Gasteiger charge is 2.44. The SMILES string of the molecule is O=C(O)c1ccc(O)cc1CO[C@H]1O[C@H](CO)[C@@H](O)[C@H](O)[C@H]1O. The van der Waals surface area contributed by atoms with Gasteiger partial charge in [0, 0.05) is 0 Å². The van der Waals surface area contributed by atoms with Gasteiger partial charge in [-0.05, 0) is 23.8 Å². The molecule has 0 saturated carbocycles. The summed E-state index contributed by atoms with van der Waals surface area (Å²) in [6.07, 6.45) is -7.19. The first-order chi connectivity index (χ1) is 10.8. The standard InChI is InChI=1S/C14H18O9/c15-4-9-10(17)11(18)12(19)14(23-9)22-5-6-3-7(16)1-2-8(6)13(20)21/h1-3,9-12,14-19H,4-5H2,(H,20,21)/t9-,10-,11+,12-,14+/m1/s1. The number of aliphatic hydroxyl groups excluding tert-OH is 4. The highest BCUT2D eigenvalue weighted by atomic mass is 16.7. The third kappa shape index (κ3) is 3.78. The molecule has 1 aliphatic heterocycles. The number of hydrogen-bond donors (Lipinski definition) is 6. The fourth-order valence-corrected chi connectivity index (χ4v) is 2.29. The summed E-state index contributed by atoms with van der Waals surface area (Å²) in [6, 6.07) is 3.60. The Morgan fingerprint density at radius 3 is 2.48 bits per heavy atom. The van der Waals surface area contributed by atoms with Gasteiger partial charge in [0.15, 0.2) is 6.29 Å². The maximum Gasteiger partial charge on any atom is 0.336 e. The van der Waals surface area contributed by atoms with E-state index < -0.39 is 43.3 Å². The number of phenolic OH excluding ortho intramolecular Hbond substituents is 1. The van der Waals surface area contributed by atoms with Crippen molar-refractivity contribution in [1.82, 2.24) is 0 Å². The zero-order chi connectivity index (χ0) is 17.1. The van der Waals surface area contributed by atoms with Gasteiger partial charge in [0.2, 0.25) is 0 Å². The highest BCUT2D eigenvalue weighted by Crippen LogP contribution is 2.24. The lowest BCUT2D eigenvalue weighted by molar-refractivity contribution is -0.304. The molecule has 0 unspecified atom stereocenters. The lowest BCUT2D eigenvalue weighted by Gasteiger charge is -2.39. The molecule has 1 fully saturated rings. The van der Waals surface area contributed by atoms with Gasteiger partial charge in [0.1, 0.15) is 30.2 Å². The number of aromatic hydroxyl groups is 1. The first-order valence-corrected chi connectivity index (χ1v) is 6.82. The second-order valence-electron chi connectivity index (χ2n) is 5.15. The monoisotopic (exact) mass is 330 g/mol. The summed E-state index contributed by atoms with van der Waals surface area (Å²) in [5.74, 6) is -1.39. The van der Waals surface area contributed by atoms with Crippen molar-refractivity contribution < 1.29 is 44.9 Å². The molecular weight excluding hydrogens is 312 g/mol. The molecule has 9 heteroatoms. The average Bonchev–Trinajstić information content (AvgIpc) is 2.52. The molecule has 6 N–H and O–H groups in total. The molecule has 0 aliphatic carbocycles. The molecule has 1 aromatic rings. The molecule has 9 nitrogen and oxygen atoms in total. The maximum atomic E-state index is 11.1. The molecule has 0 amide bonds. The van der Waals surface area contributed by atoms with Gasteiger partial charge in [-0.1, -0.05) is 0 Å². The first kappa shape index (κ1) is 17.6. The first-order valence-electron chi connectivity index (χ1n) is 6.82. The highest BCUT2D eigenvalue weighted by molar-refractivity contribution is 5.89. The summed E-state index contributed by atoms with van der Waals surface area (Å²) >= 11 is 0. The van der Waals surface area contributed by atoms with Gasteiger partial charge in [-0.25, -0.2) is 4.79 Å². The van der Waals surface area contributed by atoms with Crippen molar-refractivity contribution in [3.8, 4) is 5.75 Å². The van der Waals surface area contributed by atoms with Crippen molar-refractivity contribution >= 4 is 5.97 Å². The van der Waals surface area contributed by atoms with Crippen LogP contribution in [-0.4, -0.2) is 73.9 Å². The van der Waals surface area contributed by atoms with Crippen molar-refractivity contribution in [1.29, 1.82) is 0 Å². The predicted molar refractivity (Wildman–Crippen MR) is 73.6 cm³/mol. The topological polar surface area (TPSA) is 157 Å². The lowest BCUT2D eigenvalue weighted by Crippen LogP contribution is -2.59. The van der Waals surface area contributed by atoms with Crippen molar-refractivity contribution in [2.75, 3.05) is 6.61 Å². The Morgan fingerprint density at radius 1 is 1.17 bits per heavy atom. The van der Waals surface area contributed by atoms with E-state index >= 15 is 0 Å². The summed E-state index contributed by atoms with van der Waals surface area (Å²) in [5.41, 5.74) is 0.0295. The van der Waals surface area contributed by atoms with E-state index in [-0.39, 0.29) is 23.5 Å². The third-order valence-electron chi connectivity index (χ3n) is 3.57. The van der Waals surface area contributed by atoms with Gasteiger partial charge >= 0.3 is 5.97 Å². The van der Waals surface area contributed by atoms with Crippen LogP contribution < -0.4 is 0 Å². The fourth-order valence-electron chi connectivity index (χ4n) is 2.29. The van der Waals surface area contributed by atoms with Crippen LogP contribution in [-0.2, 0) is 16.1 Å². The Hall–Kier alpha value is -1.75. The summed E-state index contributed by atoms with van der Waals surface area (Å²) in [7, 11) is 0. The van der Waals surface area contributed by atoms with E-state index in [1.54, 1.807) is 0 Å². The van der Waals surface area contributed by atoms with Crippen LogP contribution >= 0.6 is 0 Å². The number of carboxylic acids is 1. The van der Waals surface area contributed by atoms with Gasteiger partial charge < -0.3 is 40.1 Å². The van der Waals surface area contributed by atoms with Crippen LogP contribution in [0.4, 0.5) is 0 Å². The Bertz CT molecular complexity index is 559. The zero-order valence-electron chi connectivity index (χ0n) is 11.9. The number of ether oxygens (including phenoxy) is 2. The molecule has 0 radical (unpaired) electrons. The number of hydrogen-bond acceptors (Lipinski definition) is 8. The minimum atomic E-state index is -1.59. The van der Waals surface area contributed by atoms with Crippen molar-refractivity contribution in [2.45, 2.75) is 37.3 Å². The summed E-state index contributed by atoms with van der Waals surface area (Å²) in [6.45, 7) is -0.934. The lowest BCUT2D eigenvalue weighted by atomic mass is 9.99. The molecule has 1 heterocycles. The van der Waals surface area contributed by atoms with Gasteiger partial charge in [-0.3, -0.25) is 0 Å². The van der Waals surface area contributed by atoms with E-state index in [0.29, 0.717) is 0 Å². The molecule has 1 saturated heterocycles. The van der Waals surface area contributed by atoms with E-state index in [1.807, 2.05) is 0 Å². The zero-order valence-corrected chi connectivity index (χ0v) is 11.9. The second-order valence-corrected chi connectivity index (χ2v) is 5.15. The van der Waals surface area contributed by atoms with Crippen LogP contribution in [0.2, 0.25) is 0 Å². The van der Waals surface area contributed by atoms with E-state index in [2.05, 4.69) is 0 Å². The second kappa shape index (κ2) is 7.21. The van der Waals surface area contributed by atoms with E-state index in [4.69, 9.17) is 19.7 Å². The summed E-state index contributed by atoms with van der Waals surface area (Å²) < 4.78 is 10.4. The number of carboxylic acid groups (broad SMARTS) is 1. The number of aromatic carboxylic acids is 1. The van der Waals surface area contributed by atoms with Crippen LogP contribution in [0.3, 0.4) is 0 Å². The smallest absolute Gasteiger partial charge is 0.336 e. The molecule has 5 atom stereocenters. The molecule has 0 bridgehead atoms. The van der Waals surface area contributed by atoms with Crippen molar-refractivity contribution in [3.05, 3.63) is 29.3 Å². The molecule has 0 aromatic heterocycles. The van der Waals surface area contributed by atoms with Crippen LogP contribution in [0.15, 0.2) is 18.2 Å². The minimum Gasteiger partial charge on any atom is -0.508 e. The fraction of sp³-hybridized carbons (Fsp3) is 0.500. The normalized spacial score (nSPS) is 31.0. The van der Waals surface area contributed by atoms with Crippen LogP contribution in [0.25, 0.3) is 0 Å². The minimum absolute atomic E-state index is 0.104. The Labute approximate surface area is 130 Å². The average molecular weight is 330 g/mol. The van der Waals surface area contributed by atoms with Gasteiger partial charge in [0.05, 0.1) is 18.8 Å². The van der Waals surface area contributed by atoms with Gasteiger partial charge in [-0.2, -0.15) is 0 Å². The summed E-state index contributed by atoms with van der Waals surface area (Å²) in [5, 5.41) is 56.7. The molecular formula is C14H18O9. The number of benzene rings is 1. The van der Waals surface area contributed by atoms with Crippen molar-refractivity contribution in [3.63, 3.8) is 0 Å². The van der Waals surface area contributed by atoms with E-state index in [1.165, 1.54) is 18.2 Å². The molecule has 0 spiro atoms. The Balaban J connectivity index is 2.11. The number of aliphatic hydroxyl groups is 4. The van der Waals surface area contributed by atoms with E-state index in [0.717, 1.165) is 0 Å². The van der Waals surface area contributed by atoms with Gasteiger partial charge in [-0.15, -0.1) is 0 Å². The molecule has 23 heavy (non-hydrogen) atoms. The van der Waals surface area contributed by atoms with E-state index in [9.17, 15) is 25.2 Å². The van der Waals surface area contributed by atoms with Crippen LogP contribution in [0, 0.1) is 0 Å². The molecule has 1 aliphatic rings. The molecule has 2 rings (SSSR count). The van der Waals surface area contributed by atoms with Gasteiger partial charge in [0.25, 0.3) is 0 Å². The Morgan fingerprint density at radius 2 is 1.87 bits per heavy atom. The Kier molecular flexibility index (Phi) is 5.52. The van der Waals surface area contributed by atoms with Crippen LogP contribution in [0.1, 0.15) is 15.9 Å². The quantitative estimate of drug-likeness (QED) is 0.374. The summed E-state index contributed by atoms with van der Waals surface area (Å²) in [4.78, 5) is 11.1. The van der Waals surface area contributed by atoms with Crippen LogP contribution in [0.5, 0.6) is 5.75 Å². The number of phenols is 1. The number of carbonyl (C=O) groups is 1. The largest absolute Gasteiger partial charge is 0.508 e. The van der Waals surface area contributed by atoms with Crippen molar-refractivity contribution in [2.24, 2.45) is 0 Å². The predicted octanol–water partition coefficient (Wildman–Crippen LogP) is -1.59. The third-order valence-corrected chi connectivity index (χ3v) is 3.57. The molecule has 128 valence electrons.